The smallest absolute Gasteiger partial charge is 0.246 e. The lowest BCUT2D eigenvalue weighted by atomic mass is 9.98. The Hall–Kier alpha value is -2.48. The first-order valence-corrected chi connectivity index (χ1v) is 8.76. The van der Waals surface area contributed by atoms with E-state index >= 15 is 0 Å². The molecule has 2 aromatic rings. The number of nitrogens with zero attached hydrogens (tertiary/aromatic N) is 6. The fraction of sp³-hybridized carbons (Fsp3) is 0.529. The molecule has 1 fully saturated rings. The molecule has 0 aromatic carbocycles. The monoisotopic (exact) mass is 343 g/mol. The van der Waals surface area contributed by atoms with Gasteiger partial charge in [0, 0.05) is 56.8 Å². The van der Waals surface area contributed by atoms with Crippen molar-refractivity contribution in [3.05, 3.63) is 35.9 Å². The van der Waals surface area contributed by atoms with Crippen molar-refractivity contribution in [2.24, 2.45) is 11.7 Å². The van der Waals surface area contributed by atoms with Crippen molar-refractivity contribution in [3.8, 4) is 0 Å². The molecule has 8 heteroatoms. The van der Waals surface area contributed by atoms with Crippen molar-refractivity contribution in [1.29, 1.82) is 0 Å². The van der Waals surface area contributed by atoms with E-state index in [1.165, 1.54) is 0 Å². The number of likely N-dealkylation sites (tertiary alicyclic amines) is 1. The standard InChI is InChI=1S/C17H25N7O/c1-2-23-11-14(9-19-23)5-6-17(25)22-7-3-4-15(10-22)12-24-13-16(8-18)20-21-24/h5-6,9,11,13,15H,2-4,7-8,10,12,18H2,1H3/b6-5+/t15-/m1/s1. The highest BCUT2D eigenvalue weighted by molar-refractivity contribution is 5.91. The number of amides is 1. The third kappa shape index (κ3) is 4.54. The average Bonchev–Trinajstić information content (AvgIpc) is 3.28. The number of piperidine rings is 1. The van der Waals surface area contributed by atoms with Crippen LogP contribution in [0.5, 0.6) is 0 Å². The van der Waals surface area contributed by atoms with Crippen LogP contribution in [-0.4, -0.2) is 48.7 Å². The number of carbonyl (C=O) groups is 1. The van der Waals surface area contributed by atoms with Crippen molar-refractivity contribution < 1.29 is 4.79 Å². The van der Waals surface area contributed by atoms with Crippen molar-refractivity contribution in [1.82, 2.24) is 29.7 Å². The van der Waals surface area contributed by atoms with Gasteiger partial charge in [-0.2, -0.15) is 5.10 Å². The zero-order valence-corrected chi connectivity index (χ0v) is 14.6. The number of aryl methyl sites for hydroxylation is 1. The number of hydrogen-bond acceptors (Lipinski definition) is 5. The summed E-state index contributed by atoms with van der Waals surface area (Å²) in [6, 6.07) is 0. The first kappa shape index (κ1) is 17.3. The molecule has 1 saturated heterocycles. The van der Waals surface area contributed by atoms with E-state index in [0.717, 1.165) is 50.3 Å². The highest BCUT2D eigenvalue weighted by Crippen LogP contribution is 2.18. The van der Waals surface area contributed by atoms with Gasteiger partial charge in [0.1, 0.15) is 0 Å². The van der Waals surface area contributed by atoms with E-state index in [2.05, 4.69) is 15.4 Å². The lowest BCUT2D eigenvalue weighted by Crippen LogP contribution is -2.40. The Kier molecular flexibility index (Phi) is 5.60. The van der Waals surface area contributed by atoms with E-state index in [-0.39, 0.29) is 5.91 Å². The summed E-state index contributed by atoms with van der Waals surface area (Å²) in [6.45, 7) is 5.57. The van der Waals surface area contributed by atoms with Crippen LogP contribution in [0.15, 0.2) is 24.7 Å². The maximum Gasteiger partial charge on any atom is 0.246 e. The number of aromatic nitrogens is 5. The number of nitrogens with two attached hydrogens (primary N) is 1. The molecule has 0 saturated carbocycles. The Morgan fingerprint density at radius 3 is 3.00 bits per heavy atom. The highest BCUT2D eigenvalue weighted by Gasteiger charge is 2.23. The summed E-state index contributed by atoms with van der Waals surface area (Å²) in [5.74, 6) is 0.441. The van der Waals surface area contributed by atoms with E-state index in [1.807, 2.05) is 39.7 Å². The van der Waals surface area contributed by atoms with Crippen molar-refractivity contribution in [2.75, 3.05) is 13.1 Å². The lowest BCUT2D eigenvalue weighted by molar-refractivity contribution is -0.127. The first-order valence-electron chi connectivity index (χ1n) is 8.76. The summed E-state index contributed by atoms with van der Waals surface area (Å²) in [4.78, 5) is 14.4. The molecule has 8 nitrogen and oxygen atoms in total. The van der Waals surface area contributed by atoms with Crippen LogP contribution >= 0.6 is 0 Å². The minimum atomic E-state index is 0.0511. The van der Waals surface area contributed by atoms with Gasteiger partial charge in [-0.25, -0.2) is 0 Å². The van der Waals surface area contributed by atoms with E-state index in [0.29, 0.717) is 12.5 Å². The Morgan fingerprint density at radius 1 is 1.40 bits per heavy atom. The van der Waals surface area contributed by atoms with Gasteiger partial charge in [-0.15, -0.1) is 5.10 Å². The van der Waals surface area contributed by atoms with Crippen LogP contribution in [0.1, 0.15) is 31.0 Å². The van der Waals surface area contributed by atoms with Crippen molar-refractivity contribution in [2.45, 2.75) is 39.4 Å². The third-order valence-electron chi connectivity index (χ3n) is 4.47. The van der Waals surface area contributed by atoms with Crippen molar-refractivity contribution in [3.63, 3.8) is 0 Å². The maximum atomic E-state index is 12.5. The van der Waals surface area contributed by atoms with Gasteiger partial charge in [0.15, 0.2) is 0 Å². The molecule has 25 heavy (non-hydrogen) atoms. The molecule has 0 unspecified atom stereocenters. The minimum absolute atomic E-state index is 0.0511. The van der Waals surface area contributed by atoms with Gasteiger partial charge in [0.05, 0.1) is 11.9 Å². The summed E-state index contributed by atoms with van der Waals surface area (Å²) >= 11 is 0. The molecule has 3 heterocycles. The predicted molar refractivity (Wildman–Crippen MR) is 94.2 cm³/mol. The Bertz CT molecular complexity index is 733. The van der Waals surface area contributed by atoms with E-state index in [1.54, 1.807) is 12.3 Å². The van der Waals surface area contributed by atoms with Gasteiger partial charge in [-0.1, -0.05) is 5.21 Å². The summed E-state index contributed by atoms with van der Waals surface area (Å²) in [5.41, 5.74) is 7.30. The zero-order chi connectivity index (χ0) is 17.6. The number of hydrogen-bond donors (Lipinski definition) is 1. The van der Waals surface area contributed by atoms with Gasteiger partial charge in [0.2, 0.25) is 5.91 Å². The predicted octanol–water partition coefficient (Wildman–Crippen LogP) is 0.905. The molecule has 1 amide bonds. The maximum absolute atomic E-state index is 12.5. The van der Waals surface area contributed by atoms with Gasteiger partial charge >= 0.3 is 0 Å². The van der Waals surface area contributed by atoms with Crippen LogP contribution in [0.4, 0.5) is 0 Å². The molecule has 2 N–H and O–H groups in total. The fourth-order valence-corrected chi connectivity index (χ4v) is 3.11. The molecular formula is C17H25N7O. The second-order valence-electron chi connectivity index (χ2n) is 6.39. The molecule has 1 aliphatic rings. The van der Waals surface area contributed by atoms with Gasteiger partial charge < -0.3 is 10.6 Å². The SMILES string of the molecule is CCn1cc(/C=C/C(=O)N2CCC[C@@H](Cn3cc(CN)nn3)C2)cn1. The minimum Gasteiger partial charge on any atom is -0.339 e. The molecule has 0 spiro atoms. The molecule has 2 aromatic heterocycles. The number of rotatable bonds is 6. The third-order valence-corrected chi connectivity index (χ3v) is 4.47. The van der Waals surface area contributed by atoms with Gasteiger partial charge in [0.25, 0.3) is 0 Å². The number of carbonyl (C=O) groups excluding carboxylic acids is 1. The van der Waals surface area contributed by atoms with Crippen LogP contribution in [-0.2, 0) is 24.4 Å². The van der Waals surface area contributed by atoms with Crippen LogP contribution in [0.3, 0.4) is 0 Å². The Morgan fingerprint density at radius 2 is 2.28 bits per heavy atom. The van der Waals surface area contributed by atoms with Crippen molar-refractivity contribution >= 4 is 12.0 Å². The van der Waals surface area contributed by atoms with Crippen LogP contribution in [0.2, 0.25) is 0 Å². The normalized spacial score (nSPS) is 18.2. The zero-order valence-electron chi connectivity index (χ0n) is 14.6. The molecular weight excluding hydrogens is 318 g/mol. The second-order valence-corrected chi connectivity index (χ2v) is 6.39. The lowest BCUT2D eigenvalue weighted by Gasteiger charge is -2.32. The summed E-state index contributed by atoms with van der Waals surface area (Å²) in [7, 11) is 0. The van der Waals surface area contributed by atoms with Gasteiger partial charge in [-0.05, 0) is 31.8 Å². The molecule has 1 aliphatic heterocycles. The van der Waals surface area contributed by atoms with Crippen LogP contribution < -0.4 is 5.73 Å². The fourth-order valence-electron chi connectivity index (χ4n) is 3.11. The van der Waals surface area contributed by atoms with Gasteiger partial charge in [-0.3, -0.25) is 14.2 Å². The molecule has 0 bridgehead atoms. The molecule has 0 radical (unpaired) electrons. The average molecular weight is 343 g/mol. The van der Waals surface area contributed by atoms with E-state index < -0.39 is 0 Å². The largest absolute Gasteiger partial charge is 0.339 e. The summed E-state index contributed by atoms with van der Waals surface area (Å²) in [6.07, 6.45) is 11.2. The molecule has 0 aliphatic carbocycles. The summed E-state index contributed by atoms with van der Waals surface area (Å²) in [5, 5.41) is 12.3. The highest BCUT2D eigenvalue weighted by atomic mass is 16.2. The second kappa shape index (κ2) is 8.06. The summed E-state index contributed by atoms with van der Waals surface area (Å²) < 4.78 is 3.67. The van der Waals surface area contributed by atoms with Crippen LogP contribution in [0, 0.1) is 5.92 Å². The molecule has 1 atom stereocenters. The van der Waals surface area contributed by atoms with E-state index in [4.69, 9.17) is 5.73 Å². The quantitative estimate of drug-likeness (QED) is 0.787. The van der Waals surface area contributed by atoms with E-state index in [9.17, 15) is 4.79 Å². The Balaban J connectivity index is 1.55. The Labute approximate surface area is 147 Å². The first-order chi connectivity index (χ1) is 12.2. The topological polar surface area (TPSA) is 94.9 Å². The molecule has 134 valence electrons. The molecule has 3 rings (SSSR count). The van der Waals surface area contributed by atoms with Crippen LogP contribution in [0.25, 0.3) is 6.08 Å².